The number of piperidine rings is 1. The highest BCUT2D eigenvalue weighted by Crippen LogP contribution is 2.30. The zero-order chi connectivity index (χ0) is 18.2. The summed E-state index contributed by atoms with van der Waals surface area (Å²) in [5.74, 6) is 2.43. The van der Waals surface area contributed by atoms with Gasteiger partial charge in [-0.05, 0) is 68.5 Å². The van der Waals surface area contributed by atoms with E-state index in [0.717, 1.165) is 34.4 Å². The maximum Gasteiger partial charge on any atom is 0.161 e. The first-order chi connectivity index (χ1) is 12.8. The fourth-order valence-electron chi connectivity index (χ4n) is 3.52. The van der Waals surface area contributed by atoms with Crippen LogP contribution in [-0.4, -0.2) is 20.2 Å². The molecule has 2 aromatic carbocycles. The van der Waals surface area contributed by atoms with Crippen LogP contribution in [0.25, 0.3) is 0 Å². The molecule has 1 heterocycles. The van der Waals surface area contributed by atoms with Gasteiger partial charge in [-0.3, -0.25) is 0 Å². The van der Waals surface area contributed by atoms with Crippen molar-refractivity contribution >= 4 is 11.6 Å². The zero-order valence-electron chi connectivity index (χ0n) is 15.5. The lowest BCUT2D eigenvalue weighted by Gasteiger charge is -2.22. The van der Waals surface area contributed by atoms with Crippen molar-refractivity contribution in [2.45, 2.75) is 38.7 Å². The monoisotopic (exact) mass is 373 g/mol. The predicted molar refractivity (Wildman–Crippen MR) is 107 cm³/mol. The first-order valence-corrected chi connectivity index (χ1v) is 9.88. The van der Waals surface area contributed by atoms with E-state index in [1.54, 1.807) is 7.11 Å². The molecule has 0 aliphatic carbocycles. The predicted octanol–water partition coefficient (Wildman–Crippen LogP) is 5.25. The van der Waals surface area contributed by atoms with Gasteiger partial charge in [-0.1, -0.05) is 42.3 Å². The summed E-state index contributed by atoms with van der Waals surface area (Å²) in [5, 5.41) is 4.16. The van der Waals surface area contributed by atoms with Crippen molar-refractivity contribution in [3.05, 3.63) is 58.6 Å². The Labute approximate surface area is 161 Å². The number of nitrogens with one attached hydrogen (secondary N) is 1. The van der Waals surface area contributed by atoms with Gasteiger partial charge < -0.3 is 14.8 Å². The number of halogens is 1. The van der Waals surface area contributed by atoms with E-state index in [1.807, 2.05) is 30.3 Å². The van der Waals surface area contributed by atoms with Crippen LogP contribution in [0.3, 0.4) is 0 Å². The Morgan fingerprint density at radius 3 is 2.65 bits per heavy atom. The summed E-state index contributed by atoms with van der Waals surface area (Å²) in [6, 6.07) is 14.0. The van der Waals surface area contributed by atoms with Crippen molar-refractivity contribution in [3.63, 3.8) is 0 Å². The molecular formula is C22H28ClNO2. The molecule has 3 nitrogen and oxygen atoms in total. The van der Waals surface area contributed by atoms with Crippen molar-refractivity contribution in [2.24, 2.45) is 5.92 Å². The van der Waals surface area contributed by atoms with Gasteiger partial charge >= 0.3 is 0 Å². The van der Waals surface area contributed by atoms with Crippen LogP contribution in [0.4, 0.5) is 0 Å². The van der Waals surface area contributed by atoms with E-state index in [1.165, 1.54) is 44.3 Å². The van der Waals surface area contributed by atoms with Gasteiger partial charge in [0, 0.05) is 10.6 Å². The van der Waals surface area contributed by atoms with E-state index >= 15 is 0 Å². The van der Waals surface area contributed by atoms with Crippen molar-refractivity contribution in [1.29, 1.82) is 0 Å². The summed E-state index contributed by atoms with van der Waals surface area (Å²) < 4.78 is 11.5. The molecule has 140 valence electrons. The molecule has 0 saturated carbocycles. The Kier molecular flexibility index (Phi) is 7.22. The molecule has 1 aliphatic rings. The number of benzene rings is 2. The first kappa shape index (κ1) is 19.1. The summed E-state index contributed by atoms with van der Waals surface area (Å²) in [4.78, 5) is 0. The maximum absolute atomic E-state index is 6.20. The standard InChI is InChI=1S/C22H28ClNO2/c1-25-22-15-18(6-4-5-17-11-13-24-14-12-17)9-10-21(22)26-16-19-7-2-3-8-20(19)23/h2-3,7-10,15,17,24H,4-6,11-14,16H2,1H3. The Morgan fingerprint density at radius 1 is 1.08 bits per heavy atom. The number of rotatable bonds is 8. The molecule has 0 radical (unpaired) electrons. The Balaban J connectivity index is 1.54. The first-order valence-electron chi connectivity index (χ1n) is 9.50. The number of hydrogen-bond donors (Lipinski definition) is 1. The summed E-state index contributed by atoms with van der Waals surface area (Å²) in [6.07, 6.45) is 6.27. The average Bonchev–Trinajstić information content (AvgIpc) is 2.68. The SMILES string of the molecule is COc1cc(CCCC2CCNCC2)ccc1OCc1ccccc1Cl. The summed E-state index contributed by atoms with van der Waals surface area (Å²) in [5.41, 5.74) is 2.28. The number of aryl methyl sites for hydroxylation is 1. The normalized spacial score (nSPS) is 15.0. The Morgan fingerprint density at radius 2 is 1.88 bits per heavy atom. The molecule has 0 amide bonds. The minimum atomic E-state index is 0.436. The van der Waals surface area contributed by atoms with Gasteiger partial charge in [0.2, 0.25) is 0 Å². The van der Waals surface area contributed by atoms with E-state index in [9.17, 15) is 0 Å². The second-order valence-corrected chi connectivity index (χ2v) is 7.36. The van der Waals surface area contributed by atoms with Crippen LogP contribution in [-0.2, 0) is 13.0 Å². The van der Waals surface area contributed by atoms with E-state index < -0.39 is 0 Å². The lowest BCUT2D eigenvalue weighted by atomic mass is 9.91. The minimum absolute atomic E-state index is 0.436. The van der Waals surface area contributed by atoms with E-state index in [-0.39, 0.29) is 0 Å². The summed E-state index contributed by atoms with van der Waals surface area (Å²) >= 11 is 6.20. The minimum Gasteiger partial charge on any atom is -0.493 e. The van der Waals surface area contributed by atoms with Gasteiger partial charge in [0.25, 0.3) is 0 Å². The number of hydrogen-bond acceptors (Lipinski definition) is 3. The molecule has 26 heavy (non-hydrogen) atoms. The molecule has 1 N–H and O–H groups in total. The second kappa shape index (κ2) is 9.84. The third-order valence-electron chi connectivity index (χ3n) is 5.11. The smallest absolute Gasteiger partial charge is 0.161 e. The van der Waals surface area contributed by atoms with Crippen LogP contribution in [0.5, 0.6) is 11.5 Å². The molecular weight excluding hydrogens is 346 g/mol. The van der Waals surface area contributed by atoms with E-state index in [0.29, 0.717) is 6.61 Å². The molecule has 1 saturated heterocycles. The molecule has 0 bridgehead atoms. The second-order valence-electron chi connectivity index (χ2n) is 6.95. The topological polar surface area (TPSA) is 30.5 Å². The van der Waals surface area contributed by atoms with Crippen LogP contribution >= 0.6 is 11.6 Å². The van der Waals surface area contributed by atoms with Crippen molar-refractivity contribution < 1.29 is 9.47 Å². The van der Waals surface area contributed by atoms with Crippen molar-refractivity contribution in [1.82, 2.24) is 5.32 Å². The van der Waals surface area contributed by atoms with Crippen molar-refractivity contribution in [3.8, 4) is 11.5 Å². The van der Waals surface area contributed by atoms with Gasteiger partial charge in [0.1, 0.15) is 6.61 Å². The highest BCUT2D eigenvalue weighted by atomic mass is 35.5. The largest absolute Gasteiger partial charge is 0.493 e. The molecule has 0 spiro atoms. The molecule has 1 fully saturated rings. The molecule has 3 rings (SSSR count). The molecule has 0 aromatic heterocycles. The van der Waals surface area contributed by atoms with Crippen LogP contribution in [0, 0.1) is 5.92 Å². The van der Waals surface area contributed by atoms with Crippen LogP contribution in [0.1, 0.15) is 36.8 Å². The molecule has 1 aliphatic heterocycles. The third-order valence-corrected chi connectivity index (χ3v) is 5.47. The van der Waals surface area contributed by atoms with Gasteiger partial charge in [-0.15, -0.1) is 0 Å². The zero-order valence-corrected chi connectivity index (χ0v) is 16.2. The summed E-state index contributed by atoms with van der Waals surface area (Å²) in [7, 11) is 1.69. The van der Waals surface area contributed by atoms with Gasteiger partial charge in [-0.25, -0.2) is 0 Å². The number of methoxy groups -OCH3 is 1. The average molecular weight is 374 g/mol. The van der Waals surface area contributed by atoms with Gasteiger partial charge in [0.05, 0.1) is 7.11 Å². The van der Waals surface area contributed by atoms with E-state index in [2.05, 4.69) is 17.4 Å². The quantitative estimate of drug-likeness (QED) is 0.685. The lowest BCUT2D eigenvalue weighted by Crippen LogP contribution is -2.27. The van der Waals surface area contributed by atoms with Gasteiger partial charge in [0.15, 0.2) is 11.5 Å². The van der Waals surface area contributed by atoms with Crippen molar-refractivity contribution in [2.75, 3.05) is 20.2 Å². The molecule has 0 unspecified atom stereocenters. The van der Waals surface area contributed by atoms with Gasteiger partial charge in [-0.2, -0.15) is 0 Å². The van der Waals surface area contributed by atoms with Crippen LogP contribution in [0.15, 0.2) is 42.5 Å². The molecule has 4 heteroatoms. The highest BCUT2D eigenvalue weighted by molar-refractivity contribution is 6.31. The van der Waals surface area contributed by atoms with E-state index in [4.69, 9.17) is 21.1 Å². The maximum atomic E-state index is 6.20. The van der Waals surface area contributed by atoms with Crippen LogP contribution < -0.4 is 14.8 Å². The number of ether oxygens (including phenoxy) is 2. The Bertz CT molecular complexity index is 698. The lowest BCUT2D eigenvalue weighted by molar-refractivity contribution is 0.284. The molecule has 0 atom stereocenters. The highest BCUT2D eigenvalue weighted by Gasteiger charge is 2.13. The summed E-state index contributed by atoms with van der Waals surface area (Å²) in [6.45, 7) is 2.79. The third kappa shape index (κ3) is 5.39. The Hall–Kier alpha value is -1.71. The fraction of sp³-hybridized carbons (Fsp3) is 0.455. The molecule has 2 aromatic rings. The fourth-order valence-corrected chi connectivity index (χ4v) is 3.71. The van der Waals surface area contributed by atoms with Crippen LogP contribution in [0.2, 0.25) is 5.02 Å².